The number of hydrogen-bond donors (Lipinski definition) is 6. The van der Waals surface area contributed by atoms with E-state index in [1.165, 1.54) is 10.9 Å². The van der Waals surface area contributed by atoms with Crippen LogP contribution >= 0.6 is 0 Å². The van der Waals surface area contributed by atoms with Gasteiger partial charge >= 0.3 is 0 Å². The number of carbonyl (C=O) groups excluding carboxylic acids is 1. The zero-order valence-corrected chi connectivity index (χ0v) is 25.8. The summed E-state index contributed by atoms with van der Waals surface area (Å²) in [6.45, 7) is 2.36. The van der Waals surface area contributed by atoms with Crippen molar-refractivity contribution in [2.75, 3.05) is 30.3 Å². The number of fused-ring (bicyclic) bond motifs is 1. The number of imidazole rings is 1. The molecule has 3 aromatic heterocycles. The maximum atomic E-state index is 12.6. The molecule has 6 N–H and O–H groups in total. The van der Waals surface area contributed by atoms with Gasteiger partial charge in [-0.2, -0.15) is 9.97 Å². The predicted molar refractivity (Wildman–Crippen MR) is 176 cm³/mol. The smallest absolute Gasteiger partial charge is 0.252 e. The van der Waals surface area contributed by atoms with Crippen molar-refractivity contribution in [2.45, 2.75) is 49.8 Å². The van der Waals surface area contributed by atoms with Gasteiger partial charge in [0, 0.05) is 31.4 Å². The molecule has 5 aromatic rings. The van der Waals surface area contributed by atoms with Crippen LogP contribution in [0.25, 0.3) is 11.2 Å². The van der Waals surface area contributed by atoms with E-state index < -0.39 is 36.5 Å². The van der Waals surface area contributed by atoms with Crippen molar-refractivity contribution in [2.24, 2.45) is 0 Å². The van der Waals surface area contributed by atoms with Crippen molar-refractivity contribution in [3.8, 4) is 0 Å². The maximum absolute atomic E-state index is 12.6. The minimum atomic E-state index is -1.46. The Labute approximate surface area is 271 Å². The molecular weight excluding hydrogens is 600 g/mol. The number of nitrogens with one attached hydrogen (secondary N) is 3. The molecule has 0 bridgehead atoms. The predicted octanol–water partition coefficient (Wildman–Crippen LogP) is 2.24. The molecule has 47 heavy (non-hydrogen) atoms. The number of aliphatic hydroxyl groups is 3. The zero-order valence-electron chi connectivity index (χ0n) is 25.8. The van der Waals surface area contributed by atoms with Crippen LogP contribution in [-0.2, 0) is 16.0 Å². The van der Waals surface area contributed by atoms with Crippen LogP contribution in [0.3, 0.4) is 0 Å². The monoisotopic (exact) mass is 638 g/mol. The molecule has 0 saturated carbocycles. The highest BCUT2D eigenvalue weighted by Gasteiger charge is 2.47. The lowest BCUT2D eigenvalue weighted by molar-refractivity contribution is -0.137. The number of benzene rings is 2. The van der Waals surface area contributed by atoms with E-state index in [4.69, 9.17) is 14.7 Å². The normalized spacial score (nSPS) is 19.9. The van der Waals surface area contributed by atoms with Crippen molar-refractivity contribution in [1.82, 2.24) is 29.8 Å². The fourth-order valence-electron chi connectivity index (χ4n) is 5.82. The van der Waals surface area contributed by atoms with Gasteiger partial charge in [-0.3, -0.25) is 14.3 Å². The van der Waals surface area contributed by atoms with Gasteiger partial charge in [-0.25, -0.2) is 4.98 Å². The van der Waals surface area contributed by atoms with Crippen LogP contribution in [0, 0.1) is 0 Å². The maximum Gasteiger partial charge on any atom is 0.252 e. The highest BCUT2D eigenvalue weighted by Crippen LogP contribution is 2.34. The van der Waals surface area contributed by atoms with Crippen LogP contribution in [0.5, 0.6) is 0 Å². The molecule has 13 nitrogen and oxygen atoms in total. The number of nitrogens with zero attached hydrogens (tertiary/aromatic N) is 5. The van der Waals surface area contributed by atoms with Crippen LogP contribution in [0.15, 0.2) is 91.5 Å². The Kier molecular flexibility index (Phi) is 9.97. The average Bonchev–Trinajstić information content (AvgIpc) is 3.66. The Morgan fingerprint density at radius 1 is 0.979 bits per heavy atom. The highest BCUT2D eigenvalue weighted by molar-refractivity contribution is 5.85. The van der Waals surface area contributed by atoms with E-state index in [9.17, 15) is 20.1 Å². The molecule has 0 spiro atoms. The van der Waals surface area contributed by atoms with E-state index >= 15 is 0 Å². The van der Waals surface area contributed by atoms with Gasteiger partial charge < -0.3 is 36.0 Å². The summed E-state index contributed by atoms with van der Waals surface area (Å²) in [6.07, 6.45) is 0.00748. The lowest BCUT2D eigenvalue weighted by atomic mass is 9.91. The lowest BCUT2D eigenvalue weighted by Gasteiger charge is -2.21. The van der Waals surface area contributed by atoms with E-state index in [1.807, 2.05) is 48.5 Å². The van der Waals surface area contributed by atoms with E-state index in [2.05, 4.69) is 50.2 Å². The van der Waals surface area contributed by atoms with Crippen LogP contribution in [-0.4, -0.2) is 89.8 Å². The minimum absolute atomic E-state index is 0.0235. The van der Waals surface area contributed by atoms with E-state index in [1.54, 1.807) is 19.3 Å². The standard InChI is InChI=1S/C34H38N8O5/c1-2-36-32(46)29-27(44)28(45)33(47-29)42-20-38-26-30(37-18-25(22-11-5-3-6-12-22)23-13-7-4-8-14-23)40-34(41-31(26)42)39-24(19-43)16-21-10-9-15-35-17-21/h3-15,17,20,24-25,27-29,33,43-45H,2,16,18-19H2,1H3,(H,36,46)(H2,37,39,40,41)/t24?,27-,28+,29-,33-/m0/s1. The molecule has 1 saturated heterocycles. The molecule has 1 fully saturated rings. The lowest BCUT2D eigenvalue weighted by Crippen LogP contribution is -2.42. The summed E-state index contributed by atoms with van der Waals surface area (Å²) in [5.74, 6) is 0.0671. The summed E-state index contributed by atoms with van der Waals surface area (Å²) >= 11 is 0. The third-order valence-corrected chi connectivity index (χ3v) is 8.18. The van der Waals surface area contributed by atoms with Crippen LogP contribution in [0.2, 0.25) is 0 Å². The van der Waals surface area contributed by atoms with Gasteiger partial charge in [0.05, 0.1) is 19.0 Å². The largest absolute Gasteiger partial charge is 0.394 e. The number of pyridine rings is 1. The number of likely N-dealkylation sites (N-methyl/N-ethyl adjacent to an activating group) is 1. The second kappa shape index (κ2) is 14.6. The molecule has 1 aliphatic heterocycles. The molecule has 13 heteroatoms. The van der Waals surface area contributed by atoms with Crippen molar-refractivity contribution < 1.29 is 24.9 Å². The number of aliphatic hydroxyl groups excluding tert-OH is 3. The number of ether oxygens (including phenoxy) is 1. The third kappa shape index (κ3) is 7.08. The molecule has 6 rings (SSSR count). The number of hydrogen-bond acceptors (Lipinski definition) is 11. The molecule has 1 aliphatic rings. The molecule has 4 heterocycles. The Morgan fingerprint density at radius 3 is 2.34 bits per heavy atom. The van der Waals surface area contributed by atoms with Crippen LogP contribution in [0.1, 0.15) is 35.8 Å². The molecule has 0 radical (unpaired) electrons. The van der Waals surface area contributed by atoms with Gasteiger partial charge in [-0.05, 0) is 36.1 Å². The Morgan fingerprint density at radius 2 is 1.70 bits per heavy atom. The summed E-state index contributed by atoms with van der Waals surface area (Å²) in [5.41, 5.74) is 3.85. The summed E-state index contributed by atoms with van der Waals surface area (Å²) in [4.78, 5) is 30.8. The molecular formula is C34H38N8O5. The van der Waals surface area contributed by atoms with Crippen molar-refractivity contribution >= 4 is 28.8 Å². The van der Waals surface area contributed by atoms with Gasteiger partial charge in [0.2, 0.25) is 5.95 Å². The fraction of sp³-hybridized carbons (Fsp3) is 0.324. The molecule has 5 atom stereocenters. The molecule has 1 unspecified atom stereocenters. The van der Waals surface area contributed by atoms with Gasteiger partial charge in [-0.15, -0.1) is 0 Å². The summed E-state index contributed by atoms with van der Waals surface area (Å²) in [6, 6.07) is 23.6. The number of rotatable bonds is 13. The SMILES string of the molecule is CCNC(=O)[C@H]1O[C@H](n2cnc3c(NCC(c4ccccc4)c4ccccc4)nc(NC(CO)Cc4cccnc4)nc32)[C@H](O)[C@@H]1O. The van der Waals surface area contributed by atoms with Crippen molar-refractivity contribution in [3.05, 3.63) is 108 Å². The first-order chi connectivity index (χ1) is 23.0. The van der Waals surface area contributed by atoms with Crippen LogP contribution in [0.4, 0.5) is 11.8 Å². The second-order valence-electron chi connectivity index (χ2n) is 11.4. The van der Waals surface area contributed by atoms with E-state index in [0.29, 0.717) is 36.5 Å². The summed E-state index contributed by atoms with van der Waals surface area (Å²) < 4.78 is 7.38. The van der Waals surface area contributed by atoms with E-state index in [-0.39, 0.29) is 18.5 Å². The first-order valence-corrected chi connectivity index (χ1v) is 15.6. The molecule has 244 valence electrons. The Hall–Kier alpha value is -4.95. The van der Waals surface area contributed by atoms with Crippen LogP contribution < -0.4 is 16.0 Å². The Bertz CT molecular complexity index is 1720. The molecule has 1 amide bonds. The average molecular weight is 639 g/mol. The second-order valence-corrected chi connectivity index (χ2v) is 11.4. The van der Waals surface area contributed by atoms with Gasteiger partial charge in [0.1, 0.15) is 12.2 Å². The Balaban J connectivity index is 1.36. The van der Waals surface area contributed by atoms with Crippen molar-refractivity contribution in [1.29, 1.82) is 0 Å². The molecule has 2 aromatic carbocycles. The third-order valence-electron chi connectivity index (χ3n) is 8.18. The van der Waals surface area contributed by atoms with Gasteiger partial charge in [0.25, 0.3) is 5.91 Å². The summed E-state index contributed by atoms with van der Waals surface area (Å²) in [5, 5.41) is 41.3. The highest BCUT2D eigenvalue weighted by atomic mass is 16.6. The van der Waals surface area contributed by atoms with Gasteiger partial charge in [0.15, 0.2) is 29.3 Å². The summed E-state index contributed by atoms with van der Waals surface area (Å²) in [7, 11) is 0. The zero-order chi connectivity index (χ0) is 32.8. The minimum Gasteiger partial charge on any atom is -0.394 e. The fourth-order valence-corrected chi connectivity index (χ4v) is 5.82. The topological polar surface area (TPSA) is 180 Å². The quantitative estimate of drug-likeness (QED) is 0.111. The number of amides is 1. The molecule has 0 aliphatic carbocycles. The van der Waals surface area contributed by atoms with Crippen molar-refractivity contribution in [3.63, 3.8) is 0 Å². The number of aromatic nitrogens is 5. The van der Waals surface area contributed by atoms with Gasteiger partial charge in [-0.1, -0.05) is 66.7 Å². The number of anilines is 2. The van der Waals surface area contributed by atoms with E-state index in [0.717, 1.165) is 16.7 Å². The number of carbonyl (C=O) groups is 1. The first kappa shape index (κ1) is 32.0. The first-order valence-electron chi connectivity index (χ1n) is 15.6.